The van der Waals surface area contributed by atoms with E-state index in [2.05, 4.69) is 9.71 Å². The molecule has 0 aliphatic carbocycles. The Balaban J connectivity index is 2.01. The lowest BCUT2D eigenvalue weighted by molar-refractivity contribution is 0.415. The Bertz CT molecular complexity index is 1020. The first-order valence-corrected chi connectivity index (χ1v) is 8.18. The van der Waals surface area contributed by atoms with Crippen LogP contribution in [-0.4, -0.2) is 20.5 Å². The fraction of sp³-hybridized carbons (Fsp3) is 0.133. The smallest absolute Gasteiger partial charge is 0.417 e. The molecule has 0 atom stereocenters. The van der Waals surface area contributed by atoms with Gasteiger partial charge in [0.1, 0.15) is 5.75 Å². The van der Waals surface area contributed by atoms with Gasteiger partial charge in [0, 0.05) is 11.8 Å². The maximum atomic E-state index is 12.6. The minimum Gasteiger partial charge on any atom is -0.497 e. The van der Waals surface area contributed by atoms with Gasteiger partial charge in [0.15, 0.2) is 5.58 Å². The fourth-order valence-corrected chi connectivity index (χ4v) is 3.55. The number of anilines is 1. The van der Waals surface area contributed by atoms with Crippen molar-refractivity contribution in [1.29, 1.82) is 0 Å². The van der Waals surface area contributed by atoms with Gasteiger partial charge in [0.25, 0.3) is 10.0 Å². The van der Waals surface area contributed by atoms with Crippen molar-refractivity contribution in [3.63, 3.8) is 0 Å². The highest BCUT2D eigenvalue weighted by atomic mass is 32.2. The molecule has 0 spiro atoms. The zero-order chi connectivity index (χ0) is 16.6. The highest BCUT2D eigenvalue weighted by Crippen LogP contribution is 2.24. The Kier molecular flexibility index (Phi) is 3.61. The number of aromatic amines is 1. The largest absolute Gasteiger partial charge is 0.497 e. The molecule has 0 fully saturated rings. The minimum absolute atomic E-state index is 0.0450. The second-order valence-corrected chi connectivity index (χ2v) is 6.61. The van der Waals surface area contributed by atoms with Crippen molar-refractivity contribution in [3.8, 4) is 5.75 Å². The first kappa shape index (κ1) is 15.2. The average molecular weight is 334 g/mol. The summed E-state index contributed by atoms with van der Waals surface area (Å²) in [6.07, 6.45) is 0. The molecule has 2 N–H and O–H groups in total. The van der Waals surface area contributed by atoms with E-state index in [0.29, 0.717) is 22.5 Å². The van der Waals surface area contributed by atoms with Crippen molar-refractivity contribution < 1.29 is 17.6 Å². The summed E-state index contributed by atoms with van der Waals surface area (Å²) < 4.78 is 37.5. The highest BCUT2D eigenvalue weighted by Gasteiger charge is 2.19. The topological polar surface area (TPSA) is 101 Å². The van der Waals surface area contributed by atoms with Crippen LogP contribution in [0.15, 0.2) is 50.5 Å². The van der Waals surface area contributed by atoms with Gasteiger partial charge >= 0.3 is 5.76 Å². The summed E-state index contributed by atoms with van der Waals surface area (Å²) in [5, 5.41) is 0. The lowest BCUT2D eigenvalue weighted by atomic mass is 10.2. The molecule has 120 valence electrons. The van der Waals surface area contributed by atoms with E-state index in [9.17, 15) is 13.2 Å². The number of nitrogens with one attached hydrogen (secondary N) is 2. The Morgan fingerprint density at radius 1 is 1.17 bits per heavy atom. The van der Waals surface area contributed by atoms with Crippen LogP contribution in [-0.2, 0) is 10.0 Å². The lowest BCUT2D eigenvalue weighted by Gasteiger charge is -2.10. The zero-order valence-corrected chi connectivity index (χ0v) is 13.2. The first-order chi connectivity index (χ1) is 10.9. The quantitative estimate of drug-likeness (QED) is 0.762. The lowest BCUT2D eigenvalue weighted by Crippen LogP contribution is -2.14. The van der Waals surface area contributed by atoms with Crippen LogP contribution in [0.4, 0.5) is 5.69 Å². The molecule has 1 aromatic heterocycles. The molecule has 0 bridgehead atoms. The molecule has 3 rings (SSSR count). The zero-order valence-electron chi connectivity index (χ0n) is 12.4. The van der Waals surface area contributed by atoms with E-state index in [-0.39, 0.29) is 10.5 Å². The third-order valence-corrected chi connectivity index (χ3v) is 4.87. The Morgan fingerprint density at radius 3 is 2.52 bits per heavy atom. The van der Waals surface area contributed by atoms with Crippen LogP contribution >= 0.6 is 0 Å². The van der Waals surface area contributed by atoms with Crippen molar-refractivity contribution in [2.24, 2.45) is 0 Å². The number of H-pyrrole nitrogens is 1. The molecule has 0 aliphatic heterocycles. The van der Waals surface area contributed by atoms with E-state index in [1.165, 1.54) is 13.2 Å². The number of hydrogen-bond acceptors (Lipinski definition) is 5. The van der Waals surface area contributed by atoms with Crippen LogP contribution in [0.2, 0.25) is 0 Å². The van der Waals surface area contributed by atoms with Crippen molar-refractivity contribution in [2.75, 3.05) is 11.8 Å². The summed E-state index contributed by atoms with van der Waals surface area (Å²) in [6, 6.07) is 9.39. The Labute approximate surface area is 131 Å². The maximum absolute atomic E-state index is 12.6. The fourth-order valence-electron chi connectivity index (χ4n) is 2.25. The molecule has 1 heterocycles. The number of oxazole rings is 1. The van der Waals surface area contributed by atoms with E-state index >= 15 is 0 Å². The second kappa shape index (κ2) is 5.47. The van der Waals surface area contributed by atoms with Gasteiger partial charge in [0.2, 0.25) is 0 Å². The van der Waals surface area contributed by atoms with Gasteiger partial charge < -0.3 is 9.15 Å². The van der Waals surface area contributed by atoms with E-state index < -0.39 is 15.8 Å². The van der Waals surface area contributed by atoms with Gasteiger partial charge in [-0.15, -0.1) is 0 Å². The van der Waals surface area contributed by atoms with Gasteiger partial charge in [0.05, 0.1) is 17.5 Å². The summed E-state index contributed by atoms with van der Waals surface area (Å²) in [7, 11) is -2.28. The van der Waals surface area contributed by atoms with Gasteiger partial charge in [-0.25, -0.2) is 13.2 Å². The van der Waals surface area contributed by atoms with E-state index in [1.54, 1.807) is 37.3 Å². The molecule has 3 aromatic rings. The number of rotatable bonds is 4. The molecular weight excluding hydrogens is 320 g/mol. The summed E-state index contributed by atoms with van der Waals surface area (Å²) in [5.41, 5.74) is 1.54. The highest BCUT2D eigenvalue weighted by molar-refractivity contribution is 7.92. The molecule has 23 heavy (non-hydrogen) atoms. The number of fused-ring (bicyclic) bond motifs is 1. The van der Waals surface area contributed by atoms with Crippen LogP contribution in [0.25, 0.3) is 11.1 Å². The van der Waals surface area contributed by atoms with E-state index in [4.69, 9.17) is 9.15 Å². The van der Waals surface area contributed by atoms with Crippen LogP contribution in [0.3, 0.4) is 0 Å². The average Bonchev–Trinajstić information content (AvgIpc) is 2.85. The van der Waals surface area contributed by atoms with Crippen molar-refractivity contribution in [1.82, 2.24) is 4.98 Å². The molecule has 0 saturated carbocycles. The van der Waals surface area contributed by atoms with Crippen LogP contribution < -0.4 is 15.2 Å². The van der Waals surface area contributed by atoms with Gasteiger partial charge in [-0.3, -0.25) is 9.71 Å². The predicted octanol–water partition coefficient (Wildman–Crippen LogP) is 2.24. The third kappa shape index (κ3) is 2.93. The number of benzene rings is 2. The molecule has 0 unspecified atom stereocenters. The monoisotopic (exact) mass is 334 g/mol. The van der Waals surface area contributed by atoms with Gasteiger partial charge in [-0.1, -0.05) is 0 Å². The van der Waals surface area contributed by atoms with Crippen LogP contribution in [0, 0.1) is 6.92 Å². The van der Waals surface area contributed by atoms with Crippen molar-refractivity contribution in [2.45, 2.75) is 11.8 Å². The summed E-state index contributed by atoms with van der Waals surface area (Å²) in [6.45, 7) is 1.65. The molecule has 0 radical (unpaired) electrons. The molecule has 0 aliphatic rings. The molecule has 2 aromatic carbocycles. The number of sulfonamides is 1. The van der Waals surface area contributed by atoms with Crippen molar-refractivity contribution in [3.05, 3.63) is 52.5 Å². The standard InChI is InChI=1S/C15H14N2O5S/c1-9-7-12-13(22-15(18)16-12)8-14(9)23(19,20)17-10-3-5-11(21-2)6-4-10/h3-8,17H,1-2H3,(H,16,18). The SMILES string of the molecule is COc1ccc(NS(=O)(=O)c2cc3oc(=O)[nH]c3cc2C)cc1. The first-order valence-electron chi connectivity index (χ1n) is 6.69. The van der Waals surface area contributed by atoms with Crippen LogP contribution in [0.5, 0.6) is 5.75 Å². The summed E-state index contributed by atoms with van der Waals surface area (Å²) >= 11 is 0. The number of methoxy groups -OCH3 is 1. The minimum atomic E-state index is -3.81. The van der Waals surface area contributed by atoms with Gasteiger partial charge in [-0.2, -0.15) is 0 Å². The molecule has 0 saturated heterocycles. The molecule has 0 amide bonds. The number of ether oxygens (including phenoxy) is 1. The molecular formula is C15H14N2O5S. The Morgan fingerprint density at radius 2 is 1.87 bits per heavy atom. The number of aryl methyl sites for hydroxylation is 1. The second-order valence-electron chi connectivity index (χ2n) is 4.96. The Hall–Kier alpha value is -2.74. The number of aromatic nitrogens is 1. The molecule has 7 nitrogen and oxygen atoms in total. The van der Waals surface area contributed by atoms with Gasteiger partial charge in [-0.05, 0) is 42.8 Å². The summed E-state index contributed by atoms with van der Waals surface area (Å²) in [4.78, 5) is 13.7. The van der Waals surface area contributed by atoms with Crippen LogP contribution in [0.1, 0.15) is 5.56 Å². The van der Waals surface area contributed by atoms with E-state index in [0.717, 1.165) is 0 Å². The predicted molar refractivity (Wildman–Crippen MR) is 85.4 cm³/mol. The summed E-state index contributed by atoms with van der Waals surface area (Å²) in [5.74, 6) is -0.00305. The normalized spacial score (nSPS) is 11.6. The third-order valence-electron chi connectivity index (χ3n) is 3.35. The number of hydrogen-bond donors (Lipinski definition) is 2. The van der Waals surface area contributed by atoms with Crippen molar-refractivity contribution >= 4 is 26.8 Å². The maximum Gasteiger partial charge on any atom is 0.417 e. The van der Waals surface area contributed by atoms with E-state index in [1.807, 2.05) is 0 Å². The molecule has 8 heteroatoms.